The van der Waals surface area contributed by atoms with Crippen molar-refractivity contribution in [2.75, 3.05) is 38.7 Å². The van der Waals surface area contributed by atoms with E-state index in [1.807, 2.05) is 13.1 Å². The first-order valence-electron chi connectivity index (χ1n) is 8.63. The van der Waals surface area contributed by atoms with Crippen LogP contribution in [0.2, 0.25) is 0 Å². The number of thiophene rings is 1. The Balaban J connectivity index is 1.45. The molecule has 0 radical (unpaired) electrons. The van der Waals surface area contributed by atoms with Crippen molar-refractivity contribution in [2.24, 2.45) is 10.9 Å². The van der Waals surface area contributed by atoms with E-state index in [1.54, 1.807) is 18.4 Å². The molecular formula is C19H26N4OS. The molecule has 5 nitrogen and oxygen atoms in total. The number of aliphatic imine (C=N–C) groups is 1. The molecule has 2 aromatic rings. The summed E-state index contributed by atoms with van der Waals surface area (Å²) in [5, 5.41) is 11.1. The van der Waals surface area contributed by atoms with Gasteiger partial charge in [-0.3, -0.25) is 4.99 Å². The zero-order valence-electron chi connectivity index (χ0n) is 14.9. The maximum Gasteiger partial charge on any atom is 0.191 e. The number of ether oxygens (including phenoxy) is 1. The van der Waals surface area contributed by atoms with Crippen LogP contribution in [0.3, 0.4) is 0 Å². The van der Waals surface area contributed by atoms with E-state index >= 15 is 0 Å². The number of nitrogens with zero attached hydrogens (tertiary/aromatic N) is 2. The number of hydrogen-bond donors (Lipinski definition) is 2. The van der Waals surface area contributed by atoms with E-state index < -0.39 is 0 Å². The van der Waals surface area contributed by atoms with Crippen LogP contribution in [0.5, 0.6) is 5.75 Å². The molecule has 134 valence electrons. The summed E-state index contributed by atoms with van der Waals surface area (Å²) in [5.74, 6) is 2.40. The maximum atomic E-state index is 5.33. The minimum Gasteiger partial charge on any atom is -0.497 e. The Hall–Kier alpha value is -2.21. The first kappa shape index (κ1) is 17.6. The lowest BCUT2D eigenvalue weighted by atomic mass is 10.1. The Morgan fingerprint density at radius 2 is 2.28 bits per heavy atom. The minimum atomic E-state index is 0.617. The van der Waals surface area contributed by atoms with Gasteiger partial charge in [0.05, 0.1) is 7.11 Å². The van der Waals surface area contributed by atoms with Crippen LogP contribution in [0.1, 0.15) is 12.0 Å². The smallest absolute Gasteiger partial charge is 0.191 e. The van der Waals surface area contributed by atoms with Gasteiger partial charge >= 0.3 is 0 Å². The molecule has 1 saturated heterocycles. The van der Waals surface area contributed by atoms with Crippen molar-refractivity contribution in [1.82, 2.24) is 10.6 Å². The van der Waals surface area contributed by atoms with Crippen molar-refractivity contribution in [3.05, 3.63) is 46.7 Å². The monoisotopic (exact) mass is 358 g/mol. The molecule has 0 spiro atoms. The Kier molecular flexibility index (Phi) is 6.17. The molecule has 1 atom stereocenters. The van der Waals surface area contributed by atoms with Crippen LogP contribution in [0.25, 0.3) is 0 Å². The van der Waals surface area contributed by atoms with E-state index in [9.17, 15) is 0 Å². The molecule has 0 aliphatic carbocycles. The number of nitrogens with one attached hydrogen (secondary N) is 2. The number of methoxy groups -OCH3 is 1. The molecule has 0 amide bonds. The summed E-state index contributed by atoms with van der Waals surface area (Å²) >= 11 is 1.72. The molecule has 6 heteroatoms. The van der Waals surface area contributed by atoms with Gasteiger partial charge in [-0.05, 0) is 46.9 Å². The van der Waals surface area contributed by atoms with Crippen LogP contribution < -0.4 is 20.3 Å². The van der Waals surface area contributed by atoms with Crippen LogP contribution in [0.15, 0.2) is 46.1 Å². The second-order valence-electron chi connectivity index (χ2n) is 6.24. The lowest BCUT2D eigenvalue weighted by molar-refractivity contribution is 0.415. The summed E-state index contributed by atoms with van der Waals surface area (Å²) in [5.41, 5.74) is 2.53. The average Bonchev–Trinajstić information content (AvgIpc) is 3.34. The van der Waals surface area contributed by atoms with Gasteiger partial charge in [-0.1, -0.05) is 6.07 Å². The highest BCUT2D eigenvalue weighted by molar-refractivity contribution is 7.07. The van der Waals surface area contributed by atoms with Gasteiger partial charge in [0, 0.05) is 45.0 Å². The Morgan fingerprint density at radius 1 is 1.36 bits per heavy atom. The van der Waals surface area contributed by atoms with E-state index in [0.717, 1.165) is 37.9 Å². The zero-order chi connectivity index (χ0) is 17.5. The molecule has 1 aromatic carbocycles. The summed E-state index contributed by atoms with van der Waals surface area (Å²) < 4.78 is 5.33. The lowest BCUT2D eigenvalue weighted by Crippen LogP contribution is -2.39. The van der Waals surface area contributed by atoms with Crippen LogP contribution in [0, 0.1) is 5.92 Å². The highest BCUT2D eigenvalue weighted by Crippen LogP contribution is 2.26. The molecule has 3 rings (SSSR count). The first-order valence-corrected chi connectivity index (χ1v) is 9.57. The maximum absolute atomic E-state index is 5.33. The lowest BCUT2D eigenvalue weighted by Gasteiger charge is -2.20. The SMILES string of the molecule is CN=C(NCc1ccsc1)NCC1CCN(c2cccc(OC)c2)C1. The fraction of sp³-hybridized carbons (Fsp3) is 0.421. The van der Waals surface area contributed by atoms with Gasteiger partial charge in [-0.25, -0.2) is 0 Å². The molecule has 1 fully saturated rings. The molecule has 2 heterocycles. The van der Waals surface area contributed by atoms with E-state index in [2.05, 4.69) is 55.6 Å². The van der Waals surface area contributed by atoms with Gasteiger partial charge in [0.2, 0.25) is 0 Å². The van der Waals surface area contributed by atoms with Gasteiger partial charge in [0.15, 0.2) is 5.96 Å². The Morgan fingerprint density at radius 3 is 3.04 bits per heavy atom. The number of guanidine groups is 1. The highest BCUT2D eigenvalue weighted by atomic mass is 32.1. The van der Waals surface area contributed by atoms with E-state index in [4.69, 9.17) is 4.74 Å². The van der Waals surface area contributed by atoms with Gasteiger partial charge in [0.1, 0.15) is 5.75 Å². The summed E-state index contributed by atoms with van der Waals surface area (Å²) in [6.45, 7) is 3.88. The van der Waals surface area contributed by atoms with Crippen molar-refractivity contribution in [3.8, 4) is 5.75 Å². The molecule has 1 unspecified atom stereocenters. The van der Waals surface area contributed by atoms with E-state index in [1.165, 1.54) is 17.7 Å². The molecule has 25 heavy (non-hydrogen) atoms. The van der Waals surface area contributed by atoms with Crippen molar-refractivity contribution in [3.63, 3.8) is 0 Å². The Bertz CT molecular complexity index is 686. The fourth-order valence-electron chi connectivity index (χ4n) is 3.08. The summed E-state index contributed by atoms with van der Waals surface area (Å²) in [6.07, 6.45) is 1.19. The van der Waals surface area contributed by atoms with Gasteiger partial charge in [-0.2, -0.15) is 11.3 Å². The zero-order valence-corrected chi connectivity index (χ0v) is 15.7. The largest absolute Gasteiger partial charge is 0.497 e. The molecule has 1 aliphatic heterocycles. The second kappa shape index (κ2) is 8.76. The highest BCUT2D eigenvalue weighted by Gasteiger charge is 2.23. The van der Waals surface area contributed by atoms with Crippen LogP contribution in [-0.2, 0) is 6.54 Å². The van der Waals surface area contributed by atoms with Crippen molar-refractivity contribution < 1.29 is 4.74 Å². The minimum absolute atomic E-state index is 0.617. The number of benzene rings is 1. The fourth-order valence-corrected chi connectivity index (χ4v) is 3.75. The summed E-state index contributed by atoms with van der Waals surface area (Å²) in [6, 6.07) is 10.4. The van der Waals surface area contributed by atoms with Gasteiger partial charge in [-0.15, -0.1) is 0 Å². The van der Waals surface area contributed by atoms with Gasteiger partial charge in [0.25, 0.3) is 0 Å². The standard InChI is InChI=1S/C19H26N4OS/c1-20-19(22-12-16-7-9-25-14-16)21-11-15-6-8-23(13-15)17-4-3-5-18(10-17)24-2/h3-5,7,9-10,14-15H,6,8,11-13H2,1-2H3,(H2,20,21,22). The van der Waals surface area contributed by atoms with Crippen LogP contribution in [0.4, 0.5) is 5.69 Å². The second-order valence-corrected chi connectivity index (χ2v) is 7.02. The molecule has 0 saturated carbocycles. The summed E-state index contributed by atoms with van der Waals surface area (Å²) in [4.78, 5) is 6.74. The van der Waals surface area contributed by atoms with Crippen molar-refractivity contribution in [1.29, 1.82) is 0 Å². The molecule has 1 aliphatic rings. The number of hydrogen-bond acceptors (Lipinski definition) is 4. The normalized spacial score (nSPS) is 17.6. The predicted octanol–water partition coefficient (Wildman–Crippen LogP) is 2.95. The third-order valence-electron chi connectivity index (χ3n) is 4.53. The van der Waals surface area contributed by atoms with Crippen LogP contribution >= 0.6 is 11.3 Å². The Labute approximate surface area is 153 Å². The van der Waals surface area contributed by atoms with E-state index in [-0.39, 0.29) is 0 Å². The average molecular weight is 359 g/mol. The van der Waals surface area contributed by atoms with Crippen molar-refractivity contribution in [2.45, 2.75) is 13.0 Å². The molecule has 2 N–H and O–H groups in total. The third-order valence-corrected chi connectivity index (χ3v) is 5.26. The molecular weight excluding hydrogens is 332 g/mol. The van der Waals surface area contributed by atoms with E-state index in [0.29, 0.717) is 5.92 Å². The predicted molar refractivity (Wildman–Crippen MR) is 106 cm³/mol. The van der Waals surface area contributed by atoms with Crippen molar-refractivity contribution >= 4 is 23.0 Å². The molecule has 1 aromatic heterocycles. The number of anilines is 1. The number of rotatable bonds is 6. The van der Waals surface area contributed by atoms with Gasteiger partial charge < -0.3 is 20.3 Å². The third kappa shape index (κ3) is 4.89. The topological polar surface area (TPSA) is 48.9 Å². The summed E-state index contributed by atoms with van der Waals surface area (Å²) in [7, 11) is 3.53. The van der Waals surface area contributed by atoms with Crippen LogP contribution in [-0.4, -0.2) is 39.8 Å². The molecule has 0 bridgehead atoms. The quantitative estimate of drug-likeness (QED) is 0.616. The first-order chi connectivity index (χ1) is 12.3.